The molecule has 0 spiro atoms. The molecule has 1 fully saturated rings. The van der Waals surface area contributed by atoms with E-state index in [4.69, 9.17) is 4.99 Å². The Bertz CT molecular complexity index is 991. The molecule has 2 aromatic rings. The molecule has 0 radical (unpaired) electrons. The molecule has 6 nitrogen and oxygen atoms in total. The minimum atomic E-state index is -0.0653. The second-order valence-electron chi connectivity index (χ2n) is 7.83. The van der Waals surface area contributed by atoms with Gasteiger partial charge in [0.2, 0.25) is 0 Å². The Labute approximate surface area is 164 Å². The molecular formula is C22H23N5O. The highest BCUT2D eigenvalue weighted by Gasteiger charge is 2.27. The lowest BCUT2D eigenvalue weighted by Gasteiger charge is -2.14. The number of fused-ring (bicyclic) bond motifs is 2. The maximum Gasteiger partial charge on any atom is 0.266 e. The summed E-state index contributed by atoms with van der Waals surface area (Å²) in [6.45, 7) is 3.50. The second kappa shape index (κ2) is 6.95. The van der Waals surface area contributed by atoms with Crippen LogP contribution in [0.3, 0.4) is 0 Å². The lowest BCUT2D eigenvalue weighted by molar-refractivity contribution is -0.115. The van der Waals surface area contributed by atoms with E-state index in [2.05, 4.69) is 32.7 Å². The highest BCUT2D eigenvalue weighted by atomic mass is 16.2. The third-order valence-corrected chi connectivity index (χ3v) is 5.46. The summed E-state index contributed by atoms with van der Waals surface area (Å²) in [4.78, 5) is 26.0. The molecule has 1 saturated carbocycles. The van der Waals surface area contributed by atoms with Crippen molar-refractivity contribution in [3.63, 3.8) is 0 Å². The van der Waals surface area contributed by atoms with E-state index < -0.39 is 0 Å². The molecule has 5 rings (SSSR count). The smallest absolute Gasteiger partial charge is 0.266 e. The summed E-state index contributed by atoms with van der Waals surface area (Å²) >= 11 is 0. The first kappa shape index (κ1) is 17.3. The van der Waals surface area contributed by atoms with Crippen LogP contribution in [0.2, 0.25) is 0 Å². The molecule has 1 aromatic heterocycles. The van der Waals surface area contributed by atoms with Crippen LogP contribution >= 0.6 is 0 Å². The average Bonchev–Trinajstić information content (AvgIpc) is 3.30. The van der Waals surface area contributed by atoms with Gasteiger partial charge in [0.15, 0.2) is 0 Å². The Kier molecular flexibility index (Phi) is 4.28. The van der Waals surface area contributed by atoms with Crippen molar-refractivity contribution in [3.8, 4) is 0 Å². The zero-order chi connectivity index (χ0) is 19.1. The normalized spacial score (nSPS) is 18.2. The number of aliphatic imine (C=N–C) groups is 2. The fourth-order valence-electron chi connectivity index (χ4n) is 3.77. The molecule has 1 aromatic carbocycles. The summed E-state index contributed by atoms with van der Waals surface area (Å²) in [5.74, 6) is -0.0653. The molecule has 0 bridgehead atoms. The van der Waals surface area contributed by atoms with Crippen LogP contribution in [0.4, 0.5) is 5.69 Å². The number of hydrogen-bond acceptors (Lipinski definition) is 5. The number of hydrogen-bond donors (Lipinski definition) is 2. The summed E-state index contributed by atoms with van der Waals surface area (Å²) in [6, 6.07) is 8.92. The van der Waals surface area contributed by atoms with Crippen molar-refractivity contribution >= 4 is 23.0 Å². The number of aromatic nitrogens is 1. The van der Waals surface area contributed by atoms with Crippen LogP contribution in [0, 0.1) is 0 Å². The number of benzene rings is 1. The summed E-state index contributed by atoms with van der Waals surface area (Å²) < 4.78 is 0. The Balaban J connectivity index is 1.32. The Morgan fingerprint density at radius 2 is 2.04 bits per heavy atom. The number of nitrogens with zero attached hydrogens (tertiary/aromatic N) is 3. The van der Waals surface area contributed by atoms with Gasteiger partial charge in [-0.05, 0) is 49.1 Å². The van der Waals surface area contributed by atoms with Gasteiger partial charge < -0.3 is 10.6 Å². The average molecular weight is 373 g/mol. The molecule has 28 heavy (non-hydrogen) atoms. The lowest BCUT2D eigenvalue weighted by Crippen LogP contribution is -2.43. The standard InChI is InChI=1S/C22H23N5O/c1-13(11-24-17-2-3-17)26-22(28)20-9-15-8-16-12-25-21(14-4-6-23-7-5-14)18(16)10-19(15)27-20/h4-8,10,13,17,24H,2-3,9,11-12H2,1H3,(H,26,28)/t13-/m1/s1. The van der Waals surface area contributed by atoms with Crippen LogP contribution in [0.15, 0.2) is 46.6 Å². The van der Waals surface area contributed by atoms with Crippen molar-refractivity contribution in [2.24, 2.45) is 9.98 Å². The highest BCUT2D eigenvalue weighted by molar-refractivity contribution is 6.41. The Morgan fingerprint density at radius 3 is 2.82 bits per heavy atom. The maximum atomic E-state index is 12.6. The molecule has 2 N–H and O–H groups in total. The number of carbonyl (C=O) groups excluding carboxylic acids is 1. The molecule has 3 heterocycles. The first-order valence-corrected chi connectivity index (χ1v) is 9.90. The van der Waals surface area contributed by atoms with Crippen molar-refractivity contribution in [1.82, 2.24) is 15.6 Å². The van der Waals surface area contributed by atoms with Gasteiger partial charge in [0.1, 0.15) is 5.71 Å². The number of nitrogens with one attached hydrogen (secondary N) is 2. The van der Waals surface area contributed by atoms with Crippen LogP contribution in [-0.4, -0.2) is 40.9 Å². The summed E-state index contributed by atoms with van der Waals surface area (Å²) in [5, 5.41) is 6.52. The molecule has 6 heteroatoms. The van der Waals surface area contributed by atoms with Crippen LogP contribution in [-0.2, 0) is 17.8 Å². The van der Waals surface area contributed by atoms with Crippen LogP contribution in [0.1, 0.15) is 42.0 Å². The van der Waals surface area contributed by atoms with Gasteiger partial charge in [-0.25, -0.2) is 4.99 Å². The molecule has 2 aliphatic heterocycles. The third kappa shape index (κ3) is 3.36. The van der Waals surface area contributed by atoms with Crippen molar-refractivity contribution in [3.05, 3.63) is 58.9 Å². The Hall–Kier alpha value is -2.86. The van der Waals surface area contributed by atoms with E-state index in [9.17, 15) is 4.79 Å². The molecule has 0 unspecified atom stereocenters. The maximum absolute atomic E-state index is 12.6. The fraction of sp³-hybridized carbons (Fsp3) is 0.364. The predicted octanol–water partition coefficient (Wildman–Crippen LogP) is 2.32. The van der Waals surface area contributed by atoms with Crippen LogP contribution in [0.5, 0.6) is 0 Å². The lowest BCUT2D eigenvalue weighted by atomic mass is 9.97. The number of amides is 1. The zero-order valence-corrected chi connectivity index (χ0v) is 15.9. The second-order valence-corrected chi connectivity index (χ2v) is 7.83. The van der Waals surface area contributed by atoms with Gasteiger partial charge in [-0.3, -0.25) is 14.8 Å². The molecule has 1 amide bonds. The minimum absolute atomic E-state index is 0.0653. The molecule has 3 aliphatic rings. The van der Waals surface area contributed by atoms with Gasteiger partial charge in [-0.15, -0.1) is 0 Å². The molecule has 1 aliphatic carbocycles. The topological polar surface area (TPSA) is 78.7 Å². The fourth-order valence-corrected chi connectivity index (χ4v) is 3.77. The van der Waals surface area contributed by atoms with Crippen molar-refractivity contribution in [2.45, 2.75) is 44.8 Å². The van der Waals surface area contributed by atoms with Crippen molar-refractivity contribution in [2.75, 3.05) is 6.54 Å². The molecule has 0 saturated heterocycles. The largest absolute Gasteiger partial charge is 0.347 e. The van der Waals surface area contributed by atoms with E-state index in [0.29, 0.717) is 24.7 Å². The number of carbonyl (C=O) groups is 1. The van der Waals surface area contributed by atoms with Gasteiger partial charge in [0, 0.05) is 48.6 Å². The van der Waals surface area contributed by atoms with E-state index >= 15 is 0 Å². The summed E-state index contributed by atoms with van der Waals surface area (Å²) in [5.41, 5.74) is 6.94. The third-order valence-electron chi connectivity index (χ3n) is 5.46. The van der Waals surface area contributed by atoms with Gasteiger partial charge in [0.05, 0.1) is 17.9 Å². The van der Waals surface area contributed by atoms with Crippen LogP contribution < -0.4 is 10.6 Å². The van der Waals surface area contributed by atoms with E-state index in [1.165, 1.54) is 18.4 Å². The molecular weight excluding hydrogens is 350 g/mol. The zero-order valence-electron chi connectivity index (χ0n) is 15.9. The van der Waals surface area contributed by atoms with Crippen LogP contribution in [0.25, 0.3) is 0 Å². The quantitative estimate of drug-likeness (QED) is 0.816. The molecule has 142 valence electrons. The SMILES string of the molecule is C[C@H](CNC1CC1)NC(=O)C1=Nc2cc3c(cc2C1)CN=C3c1ccncc1. The van der Waals surface area contributed by atoms with E-state index in [1.54, 1.807) is 12.4 Å². The molecule has 1 atom stereocenters. The Morgan fingerprint density at radius 1 is 1.21 bits per heavy atom. The van der Waals surface area contributed by atoms with Gasteiger partial charge in [-0.1, -0.05) is 6.07 Å². The van der Waals surface area contributed by atoms with Gasteiger partial charge in [-0.2, -0.15) is 0 Å². The summed E-state index contributed by atoms with van der Waals surface area (Å²) in [7, 11) is 0. The first-order chi connectivity index (χ1) is 13.7. The summed E-state index contributed by atoms with van der Waals surface area (Å²) in [6.07, 6.45) is 6.64. The van der Waals surface area contributed by atoms with E-state index in [-0.39, 0.29) is 11.9 Å². The number of rotatable bonds is 6. The number of pyridine rings is 1. The van der Waals surface area contributed by atoms with E-state index in [1.807, 2.05) is 19.1 Å². The van der Waals surface area contributed by atoms with Gasteiger partial charge in [0.25, 0.3) is 5.91 Å². The highest BCUT2D eigenvalue weighted by Crippen LogP contribution is 2.34. The predicted molar refractivity (Wildman–Crippen MR) is 109 cm³/mol. The monoisotopic (exact) mass is 373 g/mol. The van der Waals surface area contributed by atoms with E-state index in [0.717, 1.165) is 34.6 Å². The van der Waals surface area contributed by atoms with Crippen molar-refractivity contribution < 1.29 is 4.79 Å². The van der Waals surface area contributed by atoms with Gasteiger partial charge >= 0.3 is 0 Å². The first-order valence-electron chi connectivity index (χ1n) is 9.90. The minimum Gasteiger partial charge on any atom is -0.347 e. The van der Waals surface area contributed by atoms with Crippen molar-refractivity contribution in [1.29, 1.82) is 0 Å².